The second kappa shape index (κ2) is 98.9. The topological polar surface area (TPSA) is 536 Å². The molecule has 37 nitrogen and oxygen atoms in total. The Labute approximate surface area is 906 Å². The van der Waals surface area contributed by atoms with Crippen molar-refractivity contribution in [3.05, 3.63) is 0 Å². The molecule has 896 valence electrons. The Hall–Kier alpha value is -8.23. The molecule has 7 N–H and O–H groups in total. The number of hydrogen-bond donors (Lipinski definition) is 7. The van der Waals surface area contributed by atoms with Crippen LogP contribution in [-0.2, 0) is 143 Å². The summed E-state index contributed by atoms with van der Waals surface area (Å²) >= 11 is 0. The number of aliphatic hydroxyl groups excluding tert-OH is 7. The Morgan fingerprint density at radius 2 is 0.400 bits per heavy atom. The van der Waals surface area contributed by atoms with Gasteiger partial charge in [0.25, 0.3) is 0 Å². The maximum atomic E-state index is 11.4. The summed E-state index contributed by atoms with van der Waals surface area (Å²) in [5, 5.41) is 60.7. The van der Waals surface area contributed by atoms with Gasteiger partial charge in [-0.25, -0.2) is 33.6 Å². The van der Waals surface area contributed by atoms with Crippen molar-refractivity contribution < 1.29 is 179 Å². The van der Waals surface area contributed by atoms with Crippen LogP contribution in [0, 0.1) is 111 Å². The van der Waals surface area contributed by atoms with E-state index in [0.29, 0.717) is 97.6 Å². The van der Waals surface area contributed by atoms with E-state index in [4.69, 9.17) is 97.3 Å². The van der Waals surface area contributed by atoms with Crippen LogP contribution in [-0.4, -0.2) is 264 Å². The molecule has 0 heterocycles. The van der Waals surface area contributed by atoms with Crippen LogP contribution in [0.4, 0.5) is 0 Å². The molecule has 0 fully saturated rings. The summed E-state index contributed by atoms with van der Waals surface area (Å²) in [4.78, 5) is 162. The fourth-order valence-electron chi connectivity index (χ4n) is 7.41. The lowest BCUT2D eigenvalue weighted by Crippen LogP contribution is -2.29. The third-order valence-corrected chi connectivity index (χ3v) is 20.4. The lowest BCUT2D eigenvalue weighted by atomic mass is 9.97. The number of rotatable bonds is 45. The summed E-state index contributed by atoms with van der Waals surface area (Å²) in [6, 6.07) is 0. The van der Waals surface area contributed by atoms with E-state index in [9.17, 15) is 71.9 Å². The molecule has 13 atom stereocenters. The molecule has 150 heavy (non-hydrogen) atoms. The number of carbonyl (C=O) groups is 15. The summed E-state index contributed by atoms with van der Waals surface area (Å²) in [5.74, 6) is -0.952. The van der Waals surface area contributed by atoms with Gasteiger partial charge >= 0.3 is 89.5 Å². The monoisotopic (exact) mass is 2170 g/mol. The third kappa shape index (κ3) is 123. The summed E-state index contributed by atoms with van der Waals surface area (Å²) in [6.07, 6.45) is -2.03. The molecule has 0 saturated heterocycles. The predicted molar refractivity (Wildman–Crippen MR) is 583 cm³/mol. The smallest absolute Gasteiger partial charge is 0.334 e. The Balaban J connectivity index is -0.000000124. The minimum Gasteiger partial charge on any atom is -0.466 e. The van der Waals surface area contributed by atoms with E-state index < -0.39 is 86.0 Å². The van der Waals surface area contributed by atoms with Crippen LogP contribution in [0.3, 0.4) is 0 Å². The largest absolute Gasteiger partial charge is 0.466 e. The van der Waals surface area contributed by atoms with Gasteiger partial charge in [-0.15, -0.1) is 0 Å². The quantitative estimate of drug-likeness (QED) is 0.0220. The Bertz CT molecular complexity index is 3190. The number of esters is 15. The fraction of sp³-hybridized carbons (Fsp3) is 0.867. The van der Waals surface area contributed by atoms with E-state index in [1.807, 2.05) is 312 Å². The van der Waals surface area contributed by atoms with Gasteiger partial charge in [0.2, 0.25) is 0 Å². The lowest BCUT2D eigenvalue weighted by Gasteiger charge is -2.22. The average molecular weight is 2170 g/mol. The van der Waals surface area contributed by atoms with Crippen LogP contribution < -0.4 is 0 Å². The van der Waals surface area contributed by atoms with Crippen molar-refractivity contribution in [1.82, 2.24) is 0 Å². The zero-order valence-electron chi connectivity index (χ0n) is 103. The highest BCUT2D eigenvalue weighted by Crippen LogP contribution is 2.22. The third-order valence-electron chi connectivity index (χ3n) is 20.4. The van der Waals surface area contributed by atoms with Crippen LogP contribution in [0.15, 0.2) is 0 Å². The zero-order chi connectivity index (χ0) is 122. The minimum absolute atomic E-state index is 0.0109. The van der Waals surface area contributed by atoms with E-state index in [-0.39, 0.29) is 175 Å². The van der Waals surface area contributed by atoms with Gasteiger partial charge in [0, 0.05) is 38.5 Å². The Kier molecular flexibility index (Phi) is 112. The second-order valence-electron chi connectivity index (χ2n) is 44.3. The first-order valence-corrected chi connectivity index (χ1v) is 53.3. The first-order valence-electron chi connectivity index (χ1n) is 53.3. The first-order chi connectivity index (χ1) is 68.0. The number of hydrogen-bond acceptors (Lipinski definition) is 37. The van der Waals surface area contributed by atoms with Crippen molar-refractivity contribution in [2.75, 3.05) is 59.5 Å². The van der Waals surface area contributed by atoms with E-state index >= 15 is 0 Å². The van der Waals surface area contributed by atoms with Crippen LogP contribution >= 0.6 is 0 Å². The van der Waals surface area contributed by atoms with Crippen molar-refractivity contribution >= 4 is 89.5 Å². The molecule has 37 heteroatoms. The minimum atomic E-state index is -1.17. The highest BCUT2D eigenvalue weighted by atomic mass is 16.6. The first kappa shape index (κ1) is 169. The standard InChI is InChI=1S/C13H24O6.C11H20O6.2C10H20O2.2C9H18O2.2C8H16O3.2C8H16O2.C7H14O2.C6H12O3.C6H12O2/c1-8(2)5-11(6-18-12(16)9(3)14)7-19-13(17)10(4)15;1-8(2)3-9(6-16-10(14)4-12)7-17-11(15)5-13;2*1-7(2)8(3)12-9(11)10(4,5)6;2*1-6(2)8(5)11-9(10)7(3)4;2*1-5(2)7(4)11-8(10)6(3)9;2*1-5-8(9)10-7(4)6(2)3;1-5(2)6(3)9-7(4)8;1-5(2)4-9-6(8)3-7;1-5(2)4-8-6(3)7/h8-11,14-15H,5-7H2,1-4H3;8-9,12-13H,3-7H2,1-2H3;2*7-8H,1-6H3;2*6-8H,1-5H3;2*5-7,9H,1-4H3;2*6-7H,5H2,1-4H3;5-6H,1-4H3;5,7H,3-4H2,1-2H3;5H,4H2,1-3H3. The molecule has 0 amide bonds. The number of ether oxygens (including phenoxy) is 15. The van der Waals surface area contributed by atoms with Gasteiger partial charge in [0.15, 0.2) is 0 Å². The molecule has 0 bridgehead atoms. The summed E-state index contributed by atoms with van der Waals surface area (Å²) in [7, 11) is 0. The molecule has 0 saturated carbocycles. The van der Waals surface area contributed by atoms with Crippen LogP contribution in [0.2, 0.25) is 0 Å². The SMILES string of the molecule is CC(=O)OC(C)C(C)C.CC(=O)OCC(C)C.CC(C)C(=O)OC(C)C(C)C.CC(C)C(=O)OC(C)C(C)C.CC(C)C(C)OC(=O)C(C)(C)C.CC(C)C(C)OC(=O)C(C)(C)C.CC(C)CC(COC(=O)C(C)O)COC(=O)C(C)O.CC(C)CC(COC(=O)CO)COC(=O)CO.CC(C)COC(=O)CO.CC(O)C(=O)OC(C)C(C)C.CC(O)C(=O)OC(C)C(C)C.CCC(=O)OC(C)C(C)C.CCC(=O)OC(C)C(C)C. The maximum Gasteiger partial charge on any atom is 0.334 e. The van der Waals surface area contributed by atoms with Crippen molar-refractivity contribution in [2.45, 2.75) is 472 Å². The van der Waals surface area contributed by atoms with Gasteiger partial charge < -0.3 is 107 Å². The second-order valence-corrected chi connectivity index (χ2v) is 44.3. The van der Waals surface area contributed by atoms with Crippen molar-refractivity contribution in [3.63, 3.8) is 0 Å². The highest BCUT2D eigenvalue weighted by molar-refractivity contribution is 5.78. The van der Waals surface area contributed by atoms with Gasteiger partial charge in [-0.2, -0.15) is 0 Å². The van der Waals surface area contributed by atoms with Crippen LogP contribution in [0.25, 0.3) is 0 Å². The highest BCUT2D eigenvalue weighted by Gasteiger charge is 2.29. The van der Waals surface area contributed by atoms with E-state index in [2.05, 4.69) is 9.47 Å². The molecule has 0 radical (unpaired) electrons. The average Bonchev–Trinajstić information content (AvgIpc) is 0.895. The molecule has 0 aromatic heterocycles. The van der Waals surface area contributed by atoms with E-state index in [0.717, 1.165) is 6.42 Å². The molecule has 0 aromatic rings. The molecule has 0 spiro atoms. The molecule has 13 unspecified atom stereocenters. The Morgan fingerprint density at radius 3 is 0.553 bits per heavy atom. The zero-order valence-corrected chi connectivity index (χ0v) is 103. The molecule has 0 aliphatic carbocycles. The van der Waals surface area contributed by atoms with Gasteiger partial charge in [-0.05, 0) is 221 Å². The molecule has 0 rings (SSSR count). The van der Waals surface area contributed by atoms with Crippen LogP contribution in [0.5, 0.6) is 0 Å². The fourth-order valence-corrected chi connectivity index (χ4v) is 7.41. The predicted octanol–water partition coefficient (Wildman–Crippen LogP) is 18.8. The van der Waals surface area contributed by atoms with Crippen molar-refractivity contribution in [3.8, 4) is 0 Å². The summed E-state index contributed by atoms with van der Waals surface area (Å²) < 4.78 is 74.0. The van der Waals surface area contributed by atoms with E-state index in [1.165, 1.54) is 41.5 Å². The molecule has 0 aliphatic rings. The molecular formula is C113H222O37. The summed E-state index contributed by atoms with van der Waals surface area (Å²) in [5.41, 5.74) is -0.772. The van der Waals surface area contributed by atoms with Gasteiger partial charge in [0.05, 0.1) is 62.3 Å². The summed E-state index contributed by atoms with van der Waals surface area (Å²) in [6.45, 7) is 99.1. The van der Waals surface area contributed by atoms with Crippen LogP contribution in [0.1, 0.15) is 393 Å². The molecular weight excluding hydrogens is 1950 g/mol. The van der Waals surface area contributed by atoms with Gasteiger partial charge in [0.1, 0.15) is 99.2 Å². The van der Waals surface area contributed by atoms with Crippen molar-refractivity contribution in [2.24, 2.45) is 111 Å². The van der Waals surface area contributed by atoms with Gasteiger partial charge in [-0.3, -0.25) is 38.4 Å². The normalized spacial score (nSPS) is 13.6. The van der Waals surface area contributed by atoms with Gasteiger partial charge in [-0.1, -0.05) is 222 Å². The molecule has 0 aromatic carbocycles. The Morgan fingerprint density at radius 1 is 0.213 bits per heavy atom. The number of carbonyl (C=O) groups excluding carboxylic acids is 15. The molecule has 0 aliphatic heterocycles. The maximum absolute atomic E-state index is 11.4. The number of aliphatic hydroxyl groups is 7. The lowest BCUT2D eigenvalue weighted by molar-refractivity contribution is -0.160. The van der Waals surface area contributed by atoms with Crippen molar-refractivity contribution in [1.29, 1.82) is 0 Å². The van der Waals surface area contributed by atoms with E-state index in [1.54, 1.807) is 13.8 Å².